The van der Waals surface area contributed by atoms with Crippen molar-refractivity contribution in [2.45, 2.75) is 44.9 Å². The second kappa shape index (κ2) is 2.84. The molecule has 0 amide bonds. The molecule has 0 bridgehead atoms. The Balaban J connectivity index is 2.45. The van der Waals surface area contributed by atoms with Crippen LogP contribution in [-0.2, 0) is 0 Å². The van der Waals surface area contributed by atoms with Gasteiger partial charge in [0.2, 0.25) is 0 Å². The average molecular weight is 205 g/mol. The van der Waals surface area contributed by atoms with Gasteiger partial charge in [0.1, 0.15) is 0 Å². The fourth-order valence-electron chi connectivity index (χ4n) is 1.71. The molecule has 0 aromatic rings. The molecule has 1 aliphatic rings. The Morgan fingerprint density at radius 2 is 1.80 bits per heavy atom. The van der Waals surface area contributed by atoms with Gasteiger partial charge in [-0.1, -0.05) is 36.7 Å². The number of halogens is 1. The van der Waals surface area contributed by atoms with Crippen LogP contribution in [0.4, 0.5) is 0 Å². The van der Waals surface area contributed by atoms with Crippen molar-refractivity contribution in [2.75, 3.05) is 0 Å². The standard InChI is InChI=1S/C9H17Br/c1-9(2,3)7-4-5-8(10)6-7/h7-8H,4-6H2,1-3H3. The molecule has 1 aliphatic carbocycles. The highest BCUT2D eigenvalue weighted by molar-refractivity contribution is 9.09. The summed E-state index contributed by atoms with van der Waals surface area (Å²) in [7, 11) is 0. The summed E-state index contributed by atoms with van der Waals surface area (Å²) in [6.45, 7) is 7.05. The Kier molecular flexibility index (Phi) is 2.44. The molecule has 1 rings (SSSR count). The third-order valence-electron chi connectivity index (χ3n) is 2.59. The zero-order chi connectivity index (χ0) is 7.78. The molecule has 1 heteroatoms. The van der Waals surface area contributed by atoms with Crippen molar-refractivity contribution in [3.05, 3.63) is 0 Å². The minimum atomic E-state index is 0.530. The molecule has 0 aliphatic heterocycles. The summed E-state index contributed by atoms with van der Waals surface area (Å²) in [6.07, 6.45) is 4.17. The lowest BCUT2D eigenvalue weighted by atomic mass is 9.80. The highest BCUT2D eigenvalue weighted by Crippen LogP contribution is 2.41. The number of hydrogen-bond acceptors (Lipinski definition) is 0. The molecule has 0 saturated heterocycles. The van der Waals surface area contributed by atoms with Crippen molar-refractivity contribution in [3.63, 3.8) is 0 Å². The first-order valence-corrected chi connectivity index (χ1v) is 5.06. The first-order valence-electron chi connectivity index (χ1n) is 4.14. The lowest BCUT2D eigenvalue weighted by Crippen LogP contribution is -2.17. The summed E-state index contributed by atoms with van der Waals surface area (Å²) >= 11 is 3.67. The SMILES string of the molecule is CC(C)(C)C1CCC(Br)C1. The molecule has 1 fully saturated rings. The monoisotopic (exact) mass is 204 g/mol. The van der Waals surface area contributed by atoms with Crippen LogP contribution in [0.1, 0.15) is 40.0 Å². The Bertz CT molecular complexity index is 112. The maximum absolute atomic E-state index is 3.67. The predicted octanol–water partition coefficient (Wildman–Crippen LogP) is 3.60. The van der Waals surface area contributed by atoms with E-state index in [1.807, 2.05) is 0 Å². The van der Waals surface area contributed by atoms with Gasteiger partial charge in [0.25, 0.3) is 0 Å². The van der Waals surface area contributed by atoms with E-state index in [4.69, 9.17) is 0 Å². The van der Waals surface area contributed by atoms with Gasteiger partial charge in [-0.2, -0.15) is 0 Å². The van der Waals surface area contributed by atoms with E-state index in [1.54, 1.807) is 0 Å². The van der Waals surface area contributed by atoms with Crippen LogP contribution < -0.4 is 0 Å². The van der Waals surface area contributed by atoms with Gasteiger partial charge in [0.15, 0.2) is 0 Å². The van der Waals surface area contributed by atoms with Crippen molar-refractivity contribution in [1.82, 2.24) is 0 Å². The minimum Gasteiger partial charge on any atom is -0.0891 e. The highest BCUT2D eigenvalue weighted by Gasteiger charge is 2.31. The Hall–Kier alpha value is 0.480. The maximum Gasteiger partial charge on any atom is 0.0148 e. The summed E-state index contributed by atoms with van der Waals surface area (Å²) in [6, 6.07) is 0. The zero-order valence-electron chi connectivity index (χ0n) is 7.15. The maximum atomic E-state index is 3.67. The van der Waals surface area contributed by atoms with Gasteiger partial charge in [-0.15, -0.1) is 0 Å². The van der Waals surface area contributed by atoms with E-state index in [0.717, 1.165) is 10.7 Å². The zero-order valence-corrected chi connectivity index (χ0v) is 8.74. The third-order valence-corrected chi connectivity index (χ3v) is 3.43. The topological polar surface area (TPSA) is 0 Å². The average Bonchev–Trinajstić information content (AvgIpc) is 2.11. The number of alkyl halides is 1. The van der Waals surface area contributed by atoms with Crippen molar-refractivity contribution in [2.24, 2.45) is 11.3 Å². The van der Waals surface area contributed by atoms with E-state index in [9.17, 15) is 0 Å². The van der Waals surface area contributed by atoms with E-state index in [-0.39, 0.29) is 0 Å². The molecule has 0 aromatic heterocycles. The predicted molar refractivity (Wildman–Crippen MR) is 49.5 cm³/mol. The molecule has 10 heavy (non-hydrogen) atoms. The smallest absolute Gasteiger partial charge is 0.0148 e. The van der Waals surface area contributed by atoms with Crippen molar-refractivity contribution in [1.29, 1.82) is 0 Å². The molecular weight excluding hydrogens is 188 g/mol. The van der Waals surface area contributed by atoms with Crippen LogP contribution in [0, 0.1) is 11.3 Å². The van der Waals surface area contributed by atoms with E-state index >= 15 is 0 Å². The van der Waals surface area contributed by atoms with E-state index in [0.29, 0.717) is 5.41 Å². The van der Waals surface area contributed by atoms with Gasteiger partial charge < -0.3 is 0 Å². The minimum absolute atomic E-state index is 0.530. The molecule has 1 saturated carbocycles. The molecule has 60 valence electrons. The highest BCUT2D eigenvalue weighted by atomic mass is 79.9. The van der Waals surface area contributed by atoms with Crippen LogP contribution >= 0.6 is 15.9 Å². The molecular formula is C9H17Br. The first-order chi connectivity index (χ1) is 4.50. The van der Waals surface area contributed by atoms with Crippen LogP contribution in [0.15, 0.2) is 0 Å². The number of hydrogen-bond donors (Lipinski definition) is 0. The van der Waals surface area contributed by atoms with Crippen LogP contribution in [-0.4, -0.2) is 4.83 Å². The molecule has 0 aromatic carbocycles. The second-order valence-corrected chi connectivity index (χ2v) is 5.77. The molecule has 0 spiro atoms. The van der Waals surface area contributed by atoms with Crippen molar-refractivity contribution < 1.29 is 0 Å². The number of rotatable bonds is 0. The Morgan fingerprint density at radius 3 is 2.00 bits per heavy atom. The molecule has 0 N–H and O–H groups in total. The van der Waals surface area contributed by atoms with E-state index in [1.165, 1.54) is 19.3 Å². The van der Waals surface area contributed by atoms with Crippen LogP contribution in [0.5, 0.6) is 0 Å². The first kappa shape index (κ1) is 8.58. The fourth-order valence-corrected chi connectivity index (χ4v) is 2.43. The van der Waals surface area contributed by atoms with Crippen LogP contribution in [0.3, 0.4) is 0 Å². The molecule has 2 atom stereocenters. The summed E-state index contributed by atoms with van der Waals surface area (Å²) in [5.74, 6) is 0.942. The van der Waals surface area contributed by atoms with Gasteiger partial charge in [0, 0.05) is 4.83 Å². The fraction of sp³-hybridized carbons (Fsp3) is 1.00. The van der Waals surface area contributed by atoms with Gasteiger partial charge in [-0.05, 0) is 30.6 Å². The van der Waals surface area contributed by atoms with Crippen molar-refractivity contribution >= 4 is 15.9 Å². The lowest BCUT2D eigenvalue weighted by molar-refractivity contribution is 0.247. The van der Waals surface area contributed by atoms with Gasteiger partial charge >= 0.3 is 0 Å². The lowest BCUT2D eigenvalue weighted by Gasteiger charge is -2.26. The Labute approximate surface area is 72.5 Å². The Morgan fingerprint density at radius 1 is 1.20 bits per heavy atom. The van der Waals surface area contributed by atoms with Gasteiger partial charge in [-0.25, -0.2) is 0 Å². The molecule has 0 heterocycles. The summed E-state index contributed by atoms with van der Waals surface area (Å²) in [4.78, 5) is 0.803. The van der Waals surface area contributed by atoms with Crippen LogP contribution in [0.2, 0.25) is 0 Å². The van der Waals surface area contributed by atoms with Crippen molar-refractivity contribution in [3.8, 4) is 0 Å². The summed E-state index contributed by atoms with van der Waals surface area (Å²) < 4.78 is 0. The quantitative estimate of drug-likeness (QED) is 0.530. The third kappa shape index (κ3) is 1.98. The molecule has 0 radical (unpaired) electrons. The van der Waals surface area contributed by atoms with Crippen LogP contribution in [0.25, 0.3) is 0 Å². The molecule has 2 unspecified atom stereocenters. The summed E-state index contributed by atoms with van der Waals surface area (Å²) in [5.41, 5.74) is 0.530. The van der Waals surface area contributed by atoms with E-state index in [2.05, 4.69) is 36.7 Å². The normalized spacial score (nSPS) is 34.8. The van der Waals surface area contributed by atoms with Gasteiger partial charge in [0.05, 0.1) is 0 Å². The van der Waals surface area contributed by atoms with E-state index < -0.39 is 0 Å². The largest absolute Gasteiger partial charge is 0.0891 e. The van der Waals surface area contributed by atoms with Gasteiger partial charge in [-0.3, -0.25) is 0 Å². The second-order valence-electron chi connectivity index (χ2n) is 4.47. The molecule has 0 nitrogen and oxygen atoms in total. The summed E-state index contributed by atoms with van der Waals surface area (Å²) in [5, 5.41) is 0.